The number of fused-ring (bicyclic) bond motifs is 2. The van der Waals surface area contributed by atoms with Crippen molar-refractivity contribution in [2.45, 2.75) is 50.6 Å². The minimum Gasteiger partial charge on any atom is -0.380 e. The average molecular weight is 289 g/mol. The van der Waals surface area contributed by atoms with E-state index in [2.05, 4.69) is 5.32 Å². The first-order valence-corrected chi connectivity index (χ1v) is 7.43. The molecule has 3 fully saturated rings. The summed E-state index contributed by atoms with van der Waals surface area (Å²) in [4.78, 5) is 14.3. The molecule has 0 radical (unpaired) electrons. The number of hydrogen-bond donors (Lipinski definition) is 1. The quantitative estimate of drug-likeness (QED) is 0.839. The van der Waals surface area contributed by atoms with Crippen LogP contribution in [0.3, 0.4) is 0 Å². The molecule has 3 saturated heterocycles. The lowest BCUT2D eigenvalue weighted by atomic mass is 9.89. The van der Waals surface area contributed by atoms with E-state index in [1.165, 1.54) is 25.7 Å². The Labute approximate surface area is 121 Å². The lowest BCUT2D eigenvalue weighted by molar-refractivity contribution is -0.132. The largest absolute Gasteiger partial charge is 0.380 e. The molecule has 3 rings (SSSR count). The fourth-order valence-electron chi connectivity index (χ4n) is 3.71. The Morgan fingerprint density at radius 1 is 1.16 bits per heavy atom. The summed E-state index contributed by atoms with van der Waals surface area (Å²) in [6.07, 6.45) is 6.77. The maximum atomic E-state index is 12.3. The molecular weight excluding hydrogens is 264 g/mol. The lowest BCUT2D eigenvalue weighted by Gasteiger charge is -2.30. The zero-order chi connectivity index (χ0) is 12.4. The second-order valence-corrected chi connectivity index (χ2v) is 6.03. The summed E-state index contributed by atoms with van der Waals surface area (Å²) < 4.78 is 5.41. The molecule has 2 bridgehead atoms. The number of nitrogens with one attached hydrogen (secondary N) is 1. The Bertz CT molecular complexity index is 294. The first-order chi connectivity index (χ1) is 8.81. The van der Waals surface area contributed by atoms with Crippen LogP contribution in [-0.4, -0.2) is 49.2 Å². The molecule has 0 spiro atoms. The maximum Gasteiger partial charge on any atom is 0.222 e. The number of halogens is 1. The summed E-state index contributed by atoms with van der Waals surface area (Å²) in [5, 5.41) is 3.64. The van der Waals surface area contributed by atoms with Gasteiger partial charge in [0.15, 0.2) is 0 Å². The van der Waals surface area contributed by atoms with Crippen LogP contribution in [0.25, 0.3) is 0 Å². The fraction of sp³-hybridized carbons (Fsp3) is 0.929. The minimum atomic E-state index is 0. The first-order valence-electron chi connectivity index (χ1n) is 7.43. The summed E-state index contributed by atoms with van der Waals surface area (Å²) in [6.45, 7) is 3.19. The van der Waals surface area contributed by atoms with E-state index in [-0.39, 0.29) is 12.4 Å². The Balaban J connectivity index is 0.00000133. The molecule has 3 aliphatic rings. The van der Waals surface area contributed by atoms with Crippen LogP contribution in [-0.2, 0) is 9.53 Å². The van der Waals surface area contributed by atoms with Gasteiger partial charge in [0.25, 0.3) is 0 Å². The highest BCUT2D eigenvalue weighted by molar-refractivity contribution is 5.85. The number of hydrogen-bond acceptors (Lipinski definition) is 3. The van der Waals surface area contributed by atoms with Crippen LogP contribution in [0.4, 0.5) is 0 Å². The molecule has 2 unspecified atom stereocenters. The molecule has 2 atom stereocenters. The van der Waals surface area contributed by atoms with E-state index in [1.54, 1.807) is 0 Å². The zero-order valence-electron chi connectivity index (χ0n) is 11.5. The second kappa shape index (κ2) is 6.91. The van der Waals surface area contributed by atoms with Crippen molar-refractivity contribution in [1.82, 2.24) is 10.2 Å². The molecule has 0 aliphatic carbocycles. The van der Waals surface area contributed by atoms with E-state index < -0.39 is 0 Å². The van der Waals surface area contributed by atoms with Gasteiger partial charge in [-0.25, -0.2) is 0 Å². The van der Waals surface area contributed by atoms with E-state index in [0.717, 1.165) is 32.5 Å². The van der Waals surface area contributed by atoms with Gasteiger partial charge < -0.3 is 15.0 Å². The lowest BCUT2D eigenvalue weighted by Crippen LogP contribution is -2.41. The smallest absolute Gasteiger partial charge is 0.222 e. The third kappa shape index (κ3) is 3.83. The van der Waals surface area contributed by atoms with E-state index in [0.29, 0.717) is 30.5 Å². The SMILES string of the molecule is Cl.O=C(CC1CC2CCC(C1)N2)N1CCCOCC1. The summed E-state index contributed by atoms with van der Waals surface area (Å²) in [7, 11) is 0. The summed E-state index contributed by atoms with van der Waals surface area (Å²) in [6, 6.07) is 1.38. The van der Waals surface area contributed by atoms with Crippen molar-refractivity contribution in [2.75, 3.05) is 26.3 Å². The third-order valence-electron chi connectivity index (χ3n) is 4.61. The maximum absolute atomic E-state index is 12.3. The molecule has 4 nitrogen and oxygen atoms in total. The van der Waals surface area contributed by atoms with Gasteiger partial charge in [-0.3, -0.25) is 4.79 Å². The Morgan fingerprint density at radius 2 is 1.89 bits per heavy atom. The molecule has 1 amide bonds. The van der Waals surface area contributed by atoms with Gasteiger partial charge in [-0.1, -0.05) is 0 Å². The van der Waals surface area contributed by atoms with Gasteiger partial charge >= 0.3 is 0 Å². The van der Waals surface area contributed by atoms with Gasteiger partial charge in [0.2, 0.25) is 5.91 Å². The Hall–Kier alpha value is -0.320. The topological polar surface area (TPSA) is 41.6 Å². The summed E-state index contributed by atoms with van der Waals surface area (Å²) in [5.74, 6) is 0.965. The van der Waals surface area contributed by atoms with Gasteiger partial charge in [0.1, 0.15) is 0 Å². The van der Waals surface area contributed by atoms with Crippen LogP contribution in [0.15, 0.2) is 0 Å². The number of carbonyl (C=O) groups excluding carboxylic acids is 1. The molecule has 3 heterocycles. The number of amides is 1. The third-order valence-corrected chi connectivity index (χ3v) is 4.61. The van der Waals surface area contributed by atoms with Crippen molar-refractivity contribution >= 4 is 18.3 Å². The molecule has 110 valence electrons. The van der Waals surface area contributed by atoms with Crippen molar-refractivity contribution in [3.8, 4) is 0 Å². The molecule has 0 aromatic heterocycles. The number of rotatable bonds is 2. The van der Waals surface area contributed by atoms with Crippen LogP contribution in [0, 0.1) is 5.92 Å². The van der Waals surface area contributed by atoms with Crippen LogP contribution in [0.2, 0.25) is 0 Å². The highest BCUT2D eigenvalue weighted by atomic mass is 35.5. The molecule has 5 heteroatoms. The van der Waals surface area contributed by atoms with Crippen molar-refractivity contribution in [3.63, 3.8) is 0 Å². The number of nitrogens with zero attached hydrogens (tertiary/aromatic N) is 1. The van der Waals surface area contributed by atoms with Gasteiger partial charge in [-0.2, -0.15) is 0 Å². The normalized spacial score (nSPS) is 34.5. The zero-order valence-corrected chi connectivity index (χ0v) is 12.3. The van der Waals surface area contributed by atoms with Gasteiger partial charge in [-0.05, 0) is 38.0 Å². The molecule has 1 N–H and O–H groups in total. The van der Waals surface area contributed by atoms with Crippen LogP contribution < -0.4 is 5.32 Å². The summed E-state index contributed by atoms with van der Waals surface area (Å²) >= 11 is 0. The molecule has 19 heavy (non-hydrogen) atoms. The summed E-state index contributed by atoms with van der Waals surface area (Å²) in [5.41, 5.74) is 0. The highest BCUT2D eigenvalue weighted by Gasteiger charge is 2.34. The molecule has 3 aliphatic heterocycles. The van der Waals surface area contributed by atoms with Crippen molar-refractivity contribution in [3.05, 3.63) is 0 Å². The predicted molar refractivity (Wildman–Crippen MR) is 76.6 cm³/mol. The van der Waals surface area contributed by atoms with Gasteiger partial charge in [0, 0.05) is 38.2 Å². The predicted octanol–water partition coefficient (Wildman–Crippen LogP) is 1.58. The van der Waals surface area contributed by atoms with Gasteiger partial charge in [0.05, 0.1) is 6.61 Å². The van der Waals surface area contributed by atoms with Gasteiger partial charge in [-0.15, -0.1) is 12.4 Å². The highest BCUT2D eigenvalue weighted by Crippen LogP contribution is 2.32. The molecule has 0 aromatic carbocycles. The fourth-order valence-corrected chi connectivity index (χ4v) is 3.71. The Kier molecular flexibility index (Phi) is 5.48. The average Bonchev–Trinajstić information content (AvgIpc) is 2.59. The van der Waals surface area contributed by atoms with Crippen molar-refractivity contribution in [2.24, 2.45) is 5.92 Å². The van der Waals surface area contributed by atoms with E-state index in [4.69, 9.17) is 4.74 Å². The number of carbonyl (C=O) groups is 1. The minimum absolute atomic E-state index is 0. The first kappa shape index (κ1) is 15.1. The van der Waals surface area contributed by atoms with E-state index in [9.17, 15) is 4.79 Å². The van der Waals surface area contributed by atoms with E-state index in [1.807, 2.05) is 4.90 Å². The van der Waals surface area contributed by atoms with E-state index >= 15 is 0 Å². The molecule has 0 saturated carbocycles. The van der Waals surface area contributed by atoms with Crippen LogP contribution in [0.5, 0.6) is 0 Å². The second-order valence-electron chi connectivity index (χ2n) is 6.03. The monoisotopic (exact) mass is 288 g/mol. The molecule has 0 aromatic rings. The van der Waals surface area contributed by atoms with Crippen LogP contribution >= 0.6 is 12.4 Å². The molecular formula is C14H25ClN2O2. The van der Waals surface area contributed by atoms with Crippen molar-refractivity contribution in [1.29, 1.82) is 0 Å². The number of ether oxygens (including phenoxy) is 1. The standard InChI is InChI=1S/C14H24N2O2.ClH/c17-14(16-4-1-6-18-7-5-16)10-11-8-12-2-3-13(9-11)15-12;/h11-13,15H,1-10H2;1H. The van der Waals surface area contributed by atoms with Crippen molar-refractivity contribution < 1.29 is 9.53 Å². The van der Waals surface area contributed by atoms with Crippen LogP contribution in [0.1, 0.15) is 38.5 Å². The Morgan fingerprint density at radius 3 is 2.63 bits per heavy atom. The number of piperidine rings is 1.